The Bertz CT molecular complexity index is 138. The Kier molecular flexibility index (Phi) is 14.2. The Morgan fingerprint density at radius 3 is 2.14 bits per heavy atom. The van der Waals surface area contributed by atoms with Crippen molar-refractivity contribution in [3.63, 3.8) is 0 Å². The monoisotopic (exact) mass is 193 g/mol. The van der Waals surface area contributed by atoms with Gasteiger partial charge in [0.1, 0.15) is 0 Å². The van der Waals surface area contributed by atoms with Gasteiger partial charge in [0, 0.05) is 0 Å². The minimum atomic E-state index is 0.667. The van der Waals surface area contributed by atoms with Gasteiger partial charge in [0.05, 0.1) is 0 Å². The van der Waals surface area contributed by atoms with Gasteiger partial charge in [-0.05, 0) is 39.0 Å². The lowest BCUT2D eigenvalue weighted by atomic mass is 9.92. The Hall–Kier alpha value is -0.520. The first kappa shape index (κ1) is 15.9. The fourth-order valence-electron chi connectivity index (χ4n) is 1.12. The maximum atomic E-state index is 4.92. The molecule has 1 unspecified atom stereocenters. The van der Waals surface area contributed by atoms with Crippen molar-refractivity contribution in [2.45, 2.75) is 46.5 Å². The van der Waals surface area contributed by atoms with Crippen molar-refractivity contribution in [1.82, 2.24) is 0 Å². The first-order chi connectivity index (χ1) is 6.66. The zero-order valence-corrected chi connectivity index (χ0v) is 10.1. The van der Waals surface area contributed by atoms with Crippen LogP contribution in [0.2, 0.25) is 0 Å². The normalized spacial score (nSPS) is 18.5. The SMILES string of the molecule is CC.[CH2]CC1CC=CCC1.[CH]=C([CH2])C. The molecule has 1 rings (SSSR count). The molecule has 0 saturated carbocycles. The third-order valence-corrected chi connectivity index (χ3v) is 1.79. The van der Waals surface area contributed by atoms with Gasteiger partial charge in [-0.2, -0.15) is 0 Å². The molecular weight excluding hydrogens is 168 g/mol. The highest BCUT2D eigenvalue weighted by Gasteiger charge is 2.05. The van der Waals surface area contributed by atoms with Crippen LogP contribution in [0.5, 0.6) is 0 Å². The van der Waals surface area contributed by atoms with E-state index in [1.54, 1.807) is 6.92 Å². The van der Waals surface area contributed by atoms with E-state index in [0.29, 0.717) is 5.57 Å². The predicted octanol–water partition coefficient (Wildman–Crippen LogP) is 4.79. The molecule has 1 aliphatic carbocycles. The second kappa shape index (κ2) is 12.5. The van der Waals surface area contributed by atoms with E-state index >= 15 is 0 Å². The van der Waals surface area contributed by atoms with Crippen LogP contribution in [-0.4, -0.2) is 0 Å². The largest absolute Gasteiger partial charge is 0.0885 e. The molecule has 1 aliphatic rings. The summed E-state index contributed by atoms with van der Waals surface area (Å²) in [7, 11) is 0. The summed E-state index contributed by atoms with van der Waals surface area (Å²) in [5.74, 6) is 0.889. The van der Waals surface area contributed by atoms with Crippen LogP contribution < -0.4 is 0 Å². The quantitative estimate of drug-likeness (QED) is 0.525. The van der Waals surface area contributed by atoms with Crippen LogP contribution in [0, 0.1) is 26.3 Å². The standard InChI is InChI=1S/C8H13.C4H6.C2H6/c1-2-8-6-4-3-5-7-8;1-4(2)3;1-2/h3-4,8H,1-2,5-7H2;1H,2H2,3H3;1-2H3. The van der Waals surface area contributed by atoms with Gasteiger partial charge >= 0.3 is 0 Å². The first-order valence-electron chi connectivity index (χ1n) is 5.52. The van der Waals surface area contributed by atoms with Gasteiger partial charge in [0.25, 0.3) is 0 Å². The van der Waals surface area contributed by atoms with E-state index in [1.165, 1.54) is 19.3 Å². The molecule has 0 saturated heterocycles. The van der Waals surface area contributed by atoms with Gasteiger partial charge in [-0.25, -0.2) is 0 Å². The summed E-state index contributed by atoms with van der Waals surface area (Å²) in [5, 5.41) is 0. The summed E-state index contributed by atoms with van der Waals surface area (Å²) < 4.78 is 0. The molecule has 0 aromatic heterocycles. The molecule has 0 amide bonds. The number of hydrogen-bond donors (Lipinski definition) is 0. The van der Waals surface area contributed by atoms with Crippen molar-refractivity contribution in [2.24, 2.45) is 5.92 Å². The molecule has 0 bridgehead atoms. The molecule has 0 fully saturated rings. The van der Waals surface area contributed by atoms with Gasteiger partial charge in [-0.15, -0.1) is 0 Å². The van der Waals surface area contributed by atoms with E-state index in [0.717, 1.165) is 12.3 Å². The van der Waals surface area contributed by atoms with Crippen molar-refractivity contribution < 1.29 is 0 Å². The first-order valence-corrected chi connectivity index (χ1v) is 5.52. The summed E-state index contributed by atoms with van der Waals surface area (Å²) in [6, 6.07) is 0. The predicted molar refractivity (Wildman–Crippen MR) is 66.6 cm³/mol. The molecule has 1 atom stereocenters. The molecule has 0 N–H and O–H groups in total. The van der Waals surface area contributed by atoms with Gasteiger partial charge in [-0.3, -0.25) is 0 Å². The molecule has 0 nitrogen and oxygen atoms in total. The van der Waals surface area contributed by atoms with Crippen LogP contribution in [0.3, 0.4) is 0 Å². The van der Waals surface area contributed by atoms with Crippen LogP contribution in [-0.2, 0) is 0 Å². The van der Waals surface area contributed by atoms with Crippen LogP contribution in [0.15, 0.2) is 17.7 Å². The zero-order valence-electron chi connectivity index (χ0n) is 10.1. The molecule has 14 heavy (non-hydrogen) atoms. The van der Waals surface area contributed by atoms with Crippen LogP contribution >= 0.6 is 0 Å². The smallest absolute Gasteiger partial charge is 0.0283 e. The van der Waals surface area contributed by atoms with Crippen molar-refractivity contribution in [3.05, 3.63) is 38.2 Å². The highest BCUT2D eigenvalue weighted by atomic mass is 14.1. The maximum absolute atomic E-state index is 4.92. The molecule has 0 aromatic rings. The third kappa shape index (κ3) is 14.0. The summed E-state index contributed by atoms with van der Waals surface area (Å²) in [6.07, 6.45) is 9.57. The summed E-state index contributed by atoms with van der Waals surface area (Å²) in [5.41, 5.74) is 0.667. The van der Waals surface area contributed by atoms with E-state index in [2.05, 4.69) is 26.0 Å². The van der Waals surface area contributed by atoms with E-state index in [1.807, 2.05) is 13.8 Å². The fourth-order valence-corrected chi connectivity index (χ4v) is 1.12. The minimum absolute atomic E-state index is 0.667. The number of allylic oxidation sites excluding steroid dienone is 3. The van der Waals surface area contributed by atoms with Gasteiger partial charge in [0.15, 0.2) is 0 Å². The summed E-state index contributed by atoms with van der Waals surface area (Å²) in [6.45, 7) is 17.9. The maximum Gasteiger partial charge on any atom is -0.0283 e. The molecule has 3 radical (unpaired) electrons. The Balaban J connectivity index is 0. The number of hydrogen-bond acceptors (Lipinski definition) is 0. The second-order valence-electron chi connectivity index (χ2n) is 3.29. The van der Waals surface area contributed by atoms with Crippen molar-refractivity contribution in [3.8, 4) is 0 Å². The van der Waals surface area contributed by atoms with Crippen LogP contribution in [0.1, 0.15) is 46.5 Å². The molecule has 81 valence electrons. The lowest BCUT2D eigenvalue weighted by molar-refractivity contribution is 0.484. The minimum Gasteiger partial charge on any atom is -0.0885 e. The molecule has 0 aliphatic heterocycles. The summed E-state index contributed by atoms with van der Waals surface area (Å²) in [4.78, 5) is 0. The zero-order chi connectivity index (χ0) is 11.4. The Labute approximate surface area is 91.1 Å². The lowest BCUT2D eigenvalue weighted by Gasteiger charge is -2.13. The highest BCUT2D eigenvalue weighted by Crippen LogP contribution is 2.19. The van der Waals surface area contributed by atoms with E-state index in [9.17, 15) is 0 Å². The van der Waals surface area contributed by atoms with Crippen LogP contribution in [0.4, 0.5) is 0 Å². The van der Waals surface area contributed by atoms with E-state index in [-0.39, 0.29) is 0 Å². The fraction of sp³-hybridized carbons (Fsp3) is 0.571. The molecule has 0 heteroatoms. The van der Waals surface area contributed by atoms with Crippen molar-refractivity contribution >= 4 is 0 Å². The van der Waals surface area contributed by atoms with E-state index < -0.39 is 0 Å². The average Bonchev–Trinajstić information content (AvgIpc) is 2.21. The second-order valence-corrected chi connectivity index (χ2v) is 3.29. The number of rotatable bonds is 1. The summed E-state index contributed by atoms with van der Waals surface area (Å²) >= 11 is 0. The average molecular weight is 193 g/mol. The van der Waals surface area contributed by atoms with Crippen molar-refractivity contribution in [1.29, 1.82) is 0 Å². The van der Waals surface area contributed by atoms with Crippen LogP contribution in [0.25, 0.3) is 0 Å². The highest BCUT2D eigenvalue weighted by molar-refractivity contribution is 4.89. The molecular formula is C14H25. The Morgan fingerprint density at radius 2 is 1.93 bits per heavy atom. The Morgan fingerprint density at radius 1 is 1.43 bits per heavy atom. The van der Waals surface area contributed by atoms with Gasteiger partial charge < -0.3 is 0 Å². The van der Waals surface area contributed by atoms with Gasteiger partial charge in [-0.1, -0.05) is 51.5 Å². The molecule has 0 spiro atoms. The topological polar surface area (TPSA) is 0 Å². The van der Waals surface area contributed by atoms with Crippen molar-refractivity contribution in [2.75, 3.05) is 0 Å². The van der Waals surface area contributed by atoms with E-state index in [4.69, 9.17) is 6.58 Å². The lowest BCUT2D eigenvalue weighted by Crippen LogP contribution is -1.99. The molecule has 0 heterocycles. The molecule has 0 aromatic carbocycles. The third-order valence-electron chi connectivity index (χ3n) is 1.79. The van der Waals surface area contributed by atoms with Gasteiger partial charge in [0.2, 0.25) is 0 Å².